The molecule has 0 radical (unpaired) electrons. The Morgan fingerprint density at radius 2 is 1.66 bits per heavy atom. The third-order valence-corrected chi connectivity index (χ3v) is 7.49. The van der Waals surface area contributed by atoms with Gasteiger partial charge in [0, 0.05) is 43.2 Å². The van der Waals surface area contributed by atoms with E-state index in [0.29, 0.717) is 49.7 Å². The van der Waals surface area contributed by atoms with Crippen molar-refractivity contribution in [1.82, 2.24) is 9.97 Å². The van der Waals surface area contributed by atoms with Gasteiger partial charge in [-0.2, -0.15) is 17.9 Å². The Hall–Kier alpha value is -2.82. The molecule has 3 heterocycles. The average Bonchev–Trinajstić information content (AvgIpc) is 2.88. The summed E-state index contributed by atoms with van der Waals surface area (Å²) in [6.45, 7) is 1.49. The van der Waals surface area contributed by atoms with Gasteiger partial charge in [0.1, 0.15) is 17.1 Å². The van der Waals surface area contributed by atoms with Gasteiger partial charge in [-0.05, 0) is 66.6 Å². The highest BCUT2D eigenvalue weighted by atomic mass is 32.2. The van der Waals surface area contributed by atoms with E-state index < -0.39 is 23.1 Å². The summed E-state index contributed by atoms with van der Waals surface area (Å²) in [6.07, 6.45) is 0.721. The van der Waals surface area contributed by atoms with Crippen molar-refractivity contribution < 1.29 is 27.2 Å². The van der Waals surface area contributed by atoms with Gasteiger partial charge >= 0.3 is 6.18 Å². The zero-order valence-corrected chi connectivity index (χ0v) is 19.6. The first kappa shape index (κ1) is 23.9. The summed E-state index contributed by atoms with van der Waals surface area (Å²) < 4.78 is 67.5. The number of fused-ring (bicyclic) bond motifs is 1. The molecule has 3 aromatic rings. The molecule has 1 N–H and O–H groups in total. The number of aromatic nitrogens is 2. The van der Waals surface area contributed by atoms with E-state index in [2.05, 4.69) is 14.7 Å². The number of benzene rings is 2. The number of hydrogen-bond donors (Lipinski definition) is 1. The Bertz CT molecular complexity index is 1170. The zero-order valence-electron chi connectivity index (χ0n) is 18.8. The highest BCUT2D eigenvalue weighted by Gasteiger charge is 2.34. The first-order valence-corrected chi connectivity index (χ1v) is 12.6. The van der Waals surface area contributed by atoms with Crippen LogP contribution < -0.4 is 9.46 Å². The monoisotopic (exact) mass is 503 g/mol. The molecule has 35 heavy (non-hydrogen) atoms. The molecule has 1 aromatic heterocycles. The largest absolute Gasteiger partial charge is 0.588 e. The van der Waals surface area contributed by atoms with Crippen LogP contribution in [0.1, 0.15) is 53.4 Å². The lowest BCUT2D eigenvalue weighted by Crippen LogP contribution is -2.21. The van der Waals surface area contributed by atoms with Gasteiger partial charge in [-0.3, -0.25) is 0 Å². The number of halogens is 3. The van der Waals surface area contributed by atoms with Crippen molar-refractivity contribution in [3.63, 3.8) is 0 Å². The van der Waals surface area contributed by atoms with Crippen LogP contribution in [0.5, 0.6) is 5.75 Å². The van der Waals surface area contributed by atoms with E-state index in [1.54, 1.807) is 36.7 Å². The zero-order chi connectivity index (χ0) is 24.4. The maximum Gasteiger partial charge on any atom is 0.416 e. The molecule has 0 saturated carbocycles. The first-order chi connectivity index (χ1) is 16.9. The second-order valence-corrected chi connectivity index (χ2v) is 9.77. The van der Waals surface area contributed by atoms with Gasteiger partial charge < -0.3 is 14.0 Å². The Morgan fingerprint density at radius 3 is 2.40 bits per heavy atom. The average molecular weight is 504 g/mol. The van der Waals surface area contributed by atoms with E-state index in [0.717, 1.165) is 16.7 Å². The summed E-state index contributed by atoms with van der Waals surface area (Å²) in [5.41, 5.74) is 1.87. The van der Waals surface area contributed by atoms with Crippen molar-refractivity contribution in [3.05, 3.63) is 77.1 Å². The number of ether oxygens (including phenoxy) is 2. The number of alkyl halides is 3. The highest BCUT2D eigenvalue weighted by molar-refractivity contribution is 7.92. The molecule has 0 aliphatic carbocycles. The fourth-order valence-corrected chi connectivity index (χ4v) is 5.53. The van der Waals surface area contributed by atoms with Gasteiger partial charge in [-0.25, -0.2) is 9.97 Å². The molecule has 10 heteroatoms. The molecule has 0 bridgehead atoms. The van der Waals surface area contributed by atoms with E-state index in [-0.39, 0.29) is 17.8 Å². The molecular weight excluding hydrogens is 479 g/mol. The fourth-order valence-electron chi connectivity index (χ4n) is 4.73. The predicted molar refractivity (Wildman–Crippen MR) is 125 cm³/mol. The minimum Gasteiger partial charge on any atom is -0.588 e. The van der Waals surface area contributed by atoms with Crippen LogP contribution in [0.25, 0.3) is 0 Å². The molecule has 2 unspecified atom stereocenters. The Labute approximate surface area is 204 Å². The number of hydrogen-bond acceptors (Lipinski definition) is 6. The van der Waals surface area contributed by atoms with Gasteiger partial charge in [-0.15, -0.1) is 0 Å². The van der Waals surface area contributed by atoms with E-state index in [9.17, 15) is 17.7 Å². The lowest BCUT2D eigenvalue weighted by Gasteiger charge is -2.32. The van der Waals surface area contributed by atoms with Crippen LogP contribution in [0.3, 0.4) is 0 Å². The lowest BCUT2D eigenvalue weighted by molar-refractivity contribution is -0.137. The molecule has 1 saturated heterocycles. The summed E-state index contributed by atoms with van der Waals surface area (Å²) in [5, 5.41) is 0. The maximum absolute atomic E-state index is 13.5. The third kappa shape index (κ3) is 5.24. The maximum atomic E-state index is 13.5. The van der Waals surface area contributed by atoms with Gasteiger partial charge in [0.15, 0.2) is 4.90 Å². The molecule has 2 atom stereocenters. The lowest BCUT2D eigenvalue weighted by atomic mass is 9.78. The van der Waals surface area contributed by atoms with Gasteiger partial charge in [-0.1, -0.05) is 6.07 Å². The molecule has 1 fully saturated rings. The topological polar surface area (TPSA) is 79.3 Å². The molecule has 184 valence electrons. The van der Waals surface area contributed by atoms with E-state index in [4.69, 9.17) is 9.47 Å². The Balaban J connectivity index is 1.48. The second-order valence-electron chi connectivity index (χ2n) is 8.56. The van der Waals surface area contributed by atoms with Crippen molar-refractivity contribution in [1.29, 1.82) is 0 Å². The van der Waals surface area contributed by atoms with Crippen molar-refractivity contribution in [3.8, 4) is 5.75 Å². The molecule has 0 amide bonds. The predicted octanol–water partition coefficient (Wildman–Crippen LogP) is 5.44. The quantitative estimate of drug-likeness (QED) is 0.467. The fraction of sp³-hybridized carbons (Fsp3) is 0.360. The number of anilines is 1. The van der Waals surface area contributed by atoms with Crippen LogP contribution in [-0.4, -0.2) is 34.3 Å². The van der Waals surface area contributed by atoms with E-state index in [1.165, 1.54) is 12.1 Å². The van der Waals surface area contributed by atoms with Crippen molar-refractivity contribution in [2.75, 3.05) is 24.5 Å². The second kappa shape index (κ2) is 10.0. The highest BCUT2D eigenvalue weighted by Crippen LogP contribution is 2.44. The summed E-state index contributed by atoms with van der Waals surface area (Å²) >= 11 is -1.60. The SMILES string of the molecule is [O-][S+](Nc1ncccn1)c1ccc2c(c1)OCCC2c1ccc(C(F)(F)F)cc1C1CCOCC1. The standard InChI is InChI=1S/C25H24F3N3O3S/c26-25(27,28)17-2-4-19(22(14-17)16-6-11-33-12-7-16)20-8-13-34-23-15-18(3-5-21(20)23)35(32)31-24-29-9-1-10-30-24/h1-5,9-10,14-16,20H,6-8,11-13H2,(H,29,30,31). The molecule has 5 rings (SSSR count). The van der Waals surface area contributed by atoms with E-state index in [1.807, 2.05) is 6.07 Å². The Morgan fingerprint density at radius 1 is 0.914 bits per heavy atom. The van der Waals surface area contributed by atoms with E-state index >= 15 is 0 Å². The van der Waals surface area contributed by atoms with Crippen molar-refractivity contribution in [2.24, 2.45) is 0 Å². The van der Waals surface area contributed by atoms with Gasteiger partial charge in [0.2, 0.25) is 0 Å². The molecule has 2 aliphatic rings. The molecule has 6 nitrogen and oxygen atoms in total. The van der Waals surface area contributed by atoms with Crippen LogP contribution in [0.15, 0.2) is 59.8 Å². The van der Waals surface area contributed by atoms with Gasteiger partial charge in [0.05, 0.1) is 12.2 Å². The van der Waals surface area contributed by atoms with Gasteiger partial charge in [0.25, 0.3) is 5.95 Å². The normalized spacial score (nSPS) is 19.5. The smallest absolute Gasteiger partial charge is 0.416 e. The minimum atomic E-state index is -4.40. The third-order valence-electron chi connectivity index (χ3n) is 6.44. The van der Waals surface area contributed by atoms with Crippen LogP contribution in [-0.2, 0) is 22.3 Å². The molecular formula is C25H24F3N3O3S. The van der Waals surface area contributed by atoms with Crippen LogP contribution in [0.4, 0.5) is 19.1 Å². The molecule has 0 spiro atoms. The minimum absolute atomic E-state index is 0.00851. The summed E-state index contributed by atoms with van der Waals surface area (Å²) in [5.74, 6) is 0.717. The van der Waals surface area contributed by atoms with Crippen molar-refractivity contribution >= 4 is 17.3 Å². The summed E-state index contributed by atoms with van der Waals surface area (Å²) in [6, 6.07) is 11.1. The molecule has 2 aromatic carbocycles. The number of nitrogens with zero attached hydrogens (tertiary/aromatic N) is 2. The summed E-state index contributed by atoms with van der Waals surface area (Å²) in [4.78, 5) is 8.55. The number of rotatable bonds is 5. The van der Waals surface area contributed by atoms with Crippen molar-refractivity contribution in [2.45, 2.75) is 42.2 Å². The van der Waals surface area contributed by atoms with Crippen LogP contribution in [0.2, 0.25) is 0 Å². The Kier molecular flexibility index (Phi) is 6.86. The van der Waals surface area contributed by atoms with Crippen LogP contribution >= 0.6 is 0 Å². The summed E-state index contributed by atoms with van der Waals surface area (Å²) in [7, 11) is 0. The first-order valence-electron chi connectivity index (χ1n) is 11.4. The molecule has 2 aliphatic heterocycles. The number of nitrogens with one attached hydrogen (secondary N) is 1. The van der Waals surface area contributed by atoms with Crippen LogP contribution in [0, 0.1) is 0 Å².